The van der Waals surface area contributed by atoms with E-state index in [1.165, 1.54) is 0 Å². The maximum atomic E-state index is 13.1. The highest BCUT2D eigenvalue weighted by Gasteiger charge is 2.51. The molecular weight excluding hydrogens is 422 g/mol. The van der Waals surface area contributed by atoms with Crippen molar-refractivity contribution in [1.29, 1.82) is 0 Å². The first-order valence-electron chi connectivity index (χ1n) is 11.9. The monoisotopic (exact) mass is 459 g/mol. The van der Waals surface area contributed by atoms with Gasteiger partial charge in [-0.25, -0.2) is 4.79 Å². The van der Waals surface area contributed by atoms with Gasteiger partial charge in [0.15, 0.2) is 11.5 Å². The van der Waals surface area contributed by atoms with Crippen molar-refractivity contribution in [2.45, 2.75) is 65.3 Å². The van der Waals surface area contributed by atoms with Crippen LogP contribution in [0, 0.1) is 17.3 Å². The molecule has 0 aromatic heterocycles. The highest BCUT2D eigenvalue weighted by molar-refractivity contribution is 5.86. The average molecular weight is 460 g/mol. The second kappa shape index (κ2) is 10.6. The SMILES string of the molecule is COc1ccc(CCOC(=O)C2CCCCN2C(=O)C[C@H]2C[C@@H](C(C)=O)C2(C)C)cc1OC. The van der Waals surface area contributed by atoms with Crippen LogP contribution >= 0.6 is 0 Å². The summed E-state index contributed by atoms with van der Waals surface area (Å²) in [5.41, 5.74) is 0.802. The Hall–Kier alpha value is -2.57. The standard InChI is InChI=1S/C26H37NO6/c1-17(28)20-15-19(26(20,2)3)16-24(29)27-12-7-6-8-21(27)25(30)33-13-11-18-9-10-22(31-4)23(14-18)32-5/h9-10,14,19-21H,6-8,11-13,15-16H2,1-5H3/t19-,20+,21?/m1/s1. The number of benzene rings is 1. The molecule has 3 rings (SSSR count). The Morgan fingerprint density at radius 1 is 1.09 bits per heavy atom. The predicted octanol–water partition coefficient (Wildman–Crippen LogP) is 3.81. The number of Topliss-reactive ketones (excluding diaryl/α,β-unsaturated/α-hetero) is 1. The molecule has 1 aromatic carbocycles. The lowest BCUT2D eigenvalue weighted by molar-refractivity contribution is -0.159. The van der Waals surface area contributed by atoms with Crippen molar-refractivity contribution < 1.29 is 28.6 Å². The summed E-state index contributed by atoms with van der Waals surface area (Å²) in [5.74, 6) is 1.33. The number of piperidine rings is 1. The number of carbonyl (C=O) groups is 3. The molecule has 0 bridgehead atoms. The van der Waals surface area contributed by atoms with Gasteiger partial charge in [-0.15, -0.1) is 0 Å². The number of ketones is 1. The number of nitrogens with zero attached hydrogens (tertiary/aromatic N) is 1. The number of likely N-dealkylation sites (tertiary alicyclic amines) is 1. The van der Waals surface area contributed by atoms with Crippen molar-refractivity contribution in [3.8, 4) is 11.5 Å². The van der Waals surface area contributed by atoms with Crippen LogP contribution in [0.3, 0.4) is 0 Å². The predicted molar refractivity (Wildman–Crippen MR) is 124 cm³/mol. The summed E-state index contributed by atoms with van der Waals surface area (Å²) in [6, 6.07) is 5.09. The lowest BCUT2D eigenvalue weighted by atomic mass is 9.52. The first kappa shape index (κ1) is 25.1. The van der Waals surface area contributed by atoms with E-state index in [2.05, 4.69) is 13.8 Å². The van der Waals surface area contributed by atoms with Crippen LogP contribution in [-0.4, -0.2) is 56.0 Å². The molecule has 1 saturated carbocycles. The second-order valence-electron chi connectivity index (χ2n) is 9.83. The summed E-state index contributed by atoms with van der Waals surface area (Å²) < 4.78 is 16.2. The largest absolute Gasteiger partial charge is 0.493 e. The van der Waals surface area contributed by atoms with Gasteiger partial charge >= 0.3 is 5.97 Å². The summed E-state index contributed by atoms with van der Waals surface area (Å²) >= 11 is 0. The molecule has 1 aromatic rings. The molecule has 0 N–H and O–H groups in total. The van der Waals surface area contributed by atoms with E-state index in [9.17, 15) is 14.4 Å². The Kier molecular flexibility index (Phi) is 8.03. The van der Waals surface area contributed by atoms with E-state index in [1.807, 2.05) is 18.2 Å². The number of rotatable bonds is 9. The van der Waals surface area contributed by atoms with Gasteiger partial charge in [-0.3, -0.25) is 9.59 Å². The minimum atomic E-state index is -0.525. The van der Waals surface area contributed by atoms with Crippen molar-refractivity contribution in [2.24, 2.45) is 17.3 Å². The maximum absolute atomic E-state index is 13.1. The Morgan fingerprint density at radius 2 is 1.82 bits per heavy atom. The lowest BCUT2D eigenvalue weighted by Gasteiger charge is -2.51. The summed E-state index contributed by atoms with van der Waals surface area (Å²) in [6.45, 7) is 6.58. The van der Waals surface area contributed by atoms with Gasteiger partial charge in [0.2, 0.25) is 5.91 Å². The van der Waals surface area contributed by atoms with Gasteiger partial charge < -0.3 is 19.1 Å². The number of methoxy groups -OCH3 is 2. The van der Waals surface area contributed by atoms with Gasteiger partial charge in [-0.1, -0.05) is 19.9 Å². The van der Waals surface area contributed by atoms with Gasteiger partial charge in [0, 0.05) is 25.3 Å². The van der Waals surface area contributed by atoms with Gasteiger partial charge in [0.1, 0.15) is 11.8 Å². The van der Waals surface area contributed by atoms with Gasteiger partial charge in [0.05, 0.1) is 20.8 Å². The molecular formula is C26H37NO6. The molecule has 1 aliphatic heterocycles. The van der Waals surface area contributed by atoms with Crippen LogP contribution < -0.4 is 9.47 Å². The van der Waals surface area contributed by atoms with Gasteiger partial charge in [-0.05, 0) is 61.6 Å². The summed E-state index contributed by atoms with van der Waals surface area (Å²) in [4.78, 5) is 39.5. The number of esters is 1. The molecule has 1 heterocycles. The van der Waals surface area contributed by atoms with Crippen molar-refractivity contribution in [2.75, 3.05) is 27.4 Å². The summed E-state index contributed by atoms with van der Waals surface area (Å²) in [5, 5.41) is 0. The third kappa shape index (κ3) is 5.50. The molecule has 1 amide bonds. The van der Waals surface area contributed by atoms with Crippen LogP contribution in [0.15, 0.2) is 18.2 Å². The van der Waals surface area contributed by atoms with E-state index >= 15 is 0 Å². The molecule has 3 atom stereocenters. The first-order chi connectivity index (χ1) is 15.7. The zero-order chi connectivity index (χ0) is 24.2. The van der Waals surface area contributed by atoms with Crippen LogP contribution in [0.5, 0.6) is 11.5 Å². The molecule has 0 spiro atoms. The van der Waals surface area contributed by atoms with Gasteiger partial charge in [-0.2, -0.15) is 0 Å². The van der Waals surface area contributed by atoms with E-state index < -0.39 is 6.04 Å². The van der Waals surface area contributed by atoms with Gasteiger partial charge in [0.25, 0.3) is 0 Å². The van der Waals surface area contributed by atoms with E-state index in [1.54, 1.807) is 26.0 Å². The van der Waals surface area contributed by atoms with Crippen molar-refractivity contribution >= 4 is 17.7 Å². The van der Waals surface area contributed by atoms with Crippen molar-refractivity contribution in [1.82, 2.24) is 4.90 Å². The van der Waals surface area contributed by atoms with Crippen molar-refractivity contribution in [3.05, 3.63) is 23.8 Å². The molecule has 33 heavy (non-hydrogen) atoms. The maximum Gasteiger partial charge on any atom is 0.328 e. The minimum absolute atomic E-state index is 0.00313. The number of carbonyl (C=O) groups excluding carboxylic acids is 3. The highest BCUT2D eigenvalue weighted by Crippen LogP contribution is 2.53. The van der Waals surface area contributed by atoms with E-state index in [4.69, 9.17) is 14.2 Å². The Labute approximate surface area is 196 Å². The van der Waals surface area contributed by atoms with Crippen LogP contribution in [0.1, 0.15) is 58.4 Å². The highest BCUT2D eigenvalue weighted by atomic mass is 16.5. The van der Waals surface area contributed by atoms with E-state index in [0.29, 0.717) is 37.3 Å². The Morgan fingerprint density at radius 3 is 2.45 bits per heavy atom. The summed E-state index contributed by atoms with van der Waals surface area (Å²) in [7, 11) is 3.17. The third-order valence-corrected chi connectivity index (χ3v) is 7.56. The fourth-order valence-corrected chi connectivity index (χ4v) is 5.26. The van der Waals surface area contributed by atoms with Crippen molar-refractivity contribution in [3.63, 3.8) is 0 Å². The second-order valence-corrected chi connectivity index (χ2v) is 9.83. The molecule has 0 radical (unpaired) electrons. The minimum Gasteiger partial charge on any atom is -0.493 e. The van der Waals surface area contributed by atoms with Crippen LogP contribution in [-0.2, 0) is 25.5 Å². The topological polar surface area (TPSA) is 82.1 Å². The zero-order valence-corrected chi connectivity index (χ0v) is 20.5. The normalized spacial score (nSPS) is 23.9. The number of hydrogen-bond acceptors (Lipinski definition) is 6. The Bertz CT molecular complexity index is 880. The lowest BCUT2D eigenvalue weighted by Crippen LogP contribution is -2.53. The number of amides is 1. The molecule has 1 aliphatic carbocycles. The summed E-state index contributed by atoms with van der Waals surface area (Å²) in [6.07, 6.45) is 4.11. The molecule has 1 saturated heterocycles. The Balaban J connectivity index is 1.54. The molecule has 2 fully saturated rings. The first-order valence-corrected chi connectivity index (χ1v) is 11.9. The molecule has 1 unspecified atom stereocenters. The fourth-order valence-electron chi connectivity index (χ4n) is 5.26. The number of hydrogen-bond donors (Lipinski definition) is 0. The number of ether oxygens (including phenoxy) is 3. The molecule has 2 aliphatic rings. The molecule has 7 heteroatoms. The molecule has 7 nitrogen and oxygen atoms in total. The van der Waals surface area contributed by atoms with E-state index in [-0.39, 0.29) is 41.5 Å². The van der Waals surface area contributed by atoms with Crippen LogP contribution in [0.25, 0.3) is 0 Å². The fraction of sp³-hybridized carbons (Fsp3) is 0.654. The molecule has 182 valence electrons. The van der Waals surface area contributed by atoms with E-state index in [0.717, 1.165) is 24.8 Å². The van der Waals surface area contributed by atoms with Crippen LogP contribution in [0.2, 0.25) is 0 Å². The quantitative estimate of drug-likeness (QED) is 0.522. The zero-order valence-electron chi connectivity index (χ0n) is 20.5. The smallest absolute Gasteiger partial charge is 0.328 e. The average Bonchev–Trinajstić information content (AvgIpc) is 2.80. The third-order valence-electron chi connectivity index (χ3n) is 7.56. The van der Waals surface area contributed by atoms with Crippen LogP contribution in [0.4, 0.5) is 0 Å².